The van der Waals surface area contributed by atoms with E-state index in [1.807, 2.05) is 36.4 Å². The number of nitrogens with zero attached hydrogens (tertiary/aromatic N) is 3. The Morgan fingerprint density at radius 3 is 2.60 bits per heavy atom. The van der Waals surface area contributed by atoms with Crippen LogP contribution in [-0.2, 0) is 13.0 Å². The largest absolute Gasteiger partial charge is 0.399 e. The van der Waals surface area contributed by atoms with Crippen LogP contribution in [0.2, 0.25) is 0 Å². The Morgan fingerprint density at radius 1 is 1.05 bits per heavy atom. The molecule has 1 aromatic heterocycles. The zero-order chi connectivity index (χ0) is 13.9. The van der Waals surface area contributed by atoms with Crippen LogP contribution in [-0.4, -0.2) is 15.0 Å². The van der Waals surface area contributed by atoms with Gasteiger partial charge in [0.1, 0.15) is 5.52 Å². The number of rotatable bonds is 3. The third-order valence-electron chi connectivity index (χ3n) is 3.22. The molecule has 0 radical (unpaired) electrons. The molecular formula is C15H14N4O. The molecule has 0 aliphatic carbocycles. The number of nitrogens with two attached hydrogens (primary N) is 1. The lowest BCUT2D eigenvalue weighted by Gasteiger charge is -2.05. The summed E-state index contributed by atoms with van der Waals surface area (Å²) in [7, 11) is 0. The molecule has 0 saturated heterocycles. The molecule has 20 heavy (non-hydrogen) atoms. The quantitative estimate of drug-likeness (QED) is 0.731. The van der Waals surface area contributed by atoms with Crippen LogP contribution in [0.4, 0.5) is 5.69 Å². The number of benzene rings is 2. The van der Waals surface area contributed by atoms with Crippen LogP contribution in [0, 0.1) is 0 Å². The van der Waals surface area contributed by atoms with Crippen LogP contribution in [0.5, 0.6) is 0 Å². The number of aryl methyl sites for hydroxylation is 2. The predicted molar refractivity (Wildman–Crippen MR) is 78.4 cm³/mol. The van der Waals surface area contributed by atoms with Crippen LogP contribution >= 0.6 is 0 Å². The van der Waals surface area contributed by atoms with Crippen molar-refractivity contribution in [2.24, 2.45) is 0 Å². The third kappa shape index (κ3) is 2.38. The molecule has 0 fully saturated rings. The number of aromatic nitrogens is 3. The zero-order valence-corrected chi connectivity index (χ0v) is 10.9. The van der Waals surface area contributed by atoms with Gasteiger partial charge in [-0.1, -0.05) is 29.5 Å². The van der Waals surface area contributed by atoms with E-state index in [2.05, 4.69) is 10.3 Å². The van der Waals surface area contributed by atoms with E-state index >= 15 is 0 Å². The lowest BCUT2D eigenvalue weighted by atomic mass is 10.1. The van der Waals surface area contributed by atoms with Crippen molar-refractivity contribution in [3.63, 3.8) is 0 Å². The molecule has 0 atom stereocenters. The highest BCUT2D eigenvalue weighted by Gasteiger charge is 2.04. The molecule has 5 heteroatoms. The maximum Gasteiger partial charge on any atom is 0.277 e. The van der Waals surface area contributed by atoms with E-state index in [1.165, 1.54) is 4.68 Å². The number of hydrogen-bond donors (Lipinski definition) is 1. The SMILES string of the molecule is Nc1ccc(CCn2nnc3ccccc3c2=O)cc1. The molecule has 1 heterocycles. The summed E-state index contributed by atoms with van der Waals surface area (Å²) in [5, 5.41) is 8.63. The van der Waals surface area contributed by atoms with Gasteiger partial charge in [0.2, 0.25) is 0 Å². The standard InChI is InChI=1S/C15H14N4O/c16-12-7-5-11(6-8-12)9-10-19-15(20)13-3-1-2-4-14(13)17-18-19/h1-8H,9-10,16H2. The number of nitrogen functional groups attached to an aromatic ring is 1. The molecule has 3 aromatic rings. The molecule has 100 valence electrons. The van der Waals surface area contributed by atoms with Gasteiger partial charge in [-0.15, -0.1) is 5.10 Å². The van der Waals surface area contributed by atoms with Gasteiger partial charge in [0.15, 0.2) is 0 Å². The van der Waals surface area contributed by atoms with Crippen molar-refractivity contribution in [2.45, 2.75) is 13.0 Å². The summed E-state index contributed by atoms with van der Waals surface area (Å²) in [6.45, 7) is 0.501. The monoisotopic (exact) mass is 266 g/mol. The van der Waals surface area contributed by atoms with E-state index in [0.29, 0.717) is 23.9 Å². The predicted octanol–water partition coefficient (Wildman–Crippen LogP) is 1.62. The fourth-order valence-corrected chi connectivity index (χ4v) is 2.09. The van der Waals surface area contributed by atoms with Gasteiger partial charge < -0.3 is 5.73 Å². The van der Waals surface area contributed by atoms with Crippen LogP contribution in [0.3, 0.4) is 0 Å². The van der Waals surface area contributed by atoms with Crippen molar-refractivity contribution >= 4 is 16.6 Å². The lowest BCUT2D eigenvalue weighted by molar-refractivity contribution is 0.550. The van der Waals surface area contributed by atoms with Gasteiger partial charge in [-0.05, 0) is 36.2 Å². The first-order valence-corrected chi connectivity index (χ1v) is 6.41. The van der Waals surface area contributed by atoms with Crippen LogP contribution in [0.1, 0.15) is 5.56 Å². The normalized spacial score (nSPS) is 10.8. The minimum atomic E-state index is -0.106. The van der Waals surface area contributed by atoms with Crippen molar-refractivity contribution in [2.75, 3.05) is 5.73 Å². The van der Waals surface area contributed by atoms with Gasteiger partial charge >= 0.3 is 0 Å². The van der Waals surface area contributed by atoms with Gasteiger partial charge in [-0.2, -0.15) is 0 Å². The van der Waals surface area contributed by atoms with E-state index < -0.39 is 0 Å². The topological polar surface area (TPSA) is 73.8 Å². The van der Waals surface area contributed by atoms with E-state index in [-0.39, 0.29) is 5.56 Å². The number of fused-ring (bicyclic) bond motifs is 1. The second-order valence-corrected chi connectivity index (χ2v) is 4.63. The van der Waals surface area contributed by atoms with Crippen molar-refractivity contribution in [3.8, 4) is 0 Å². The Labute approximate surface area is 115 Å². The van der Waals surface area contributed by atoms with Gasteiger partial charge in [-0.3, -0.25) is 4.79 Å². The van der Waals surface area contributed by atoms with E-state index in [1.54, 1.807) is 12.1 Å². The summed E-state index contributed by atoms with van der Waals surface area (Å²) >= 11 is 0. The minimum Gasteiger partial charge on any atom is -0.399 e. The average Bonchev–Trinajstić information content (AvgIpc) is 2.49. The van der Waals surface area contributed by atoms with Gasteiger partial charge in [0.05, 0.1) is 11.9 Å². The Morgan fingerprint density at radius 2 is 1.80 bits per heavy atom. The fraction of sp³-hybridized carbons (Fsp3) is 0.133. The van der Waals surface area contributed by atoms with Crippen molar-refractivity contribution in [3.05, 3.63) is 64.4 Å². The lowest BCUT2D eigenvalue weighted by Crippen LogP contribution is -2.25. The molecule has 0 saturated carbocycles. The highest BCUT2D eigenvalue weighted by atomic mass is 16.1. The van der Waals surface area contributed by atoms with Crippen LogP contribution < -0.4 is 11.3 Å². The second kappa shape index (κ2) is 5.13. The molecular weight excluding hydrogens is 252 g/mol. The third-order valence-corrected chi connectivity index (χ3v) is 3.22. The highest BCUT2D eigenvalue weighted by Crippen LogP contribution is 2.07. The second-order valence-electron chi connectivity index (χ2n) is 4.63. The van der Waals surface area contributed by atoms with E-state index in [0.717, 1.165) is 11.3 Å². The summed E-state index contributed by atoms with van der Waals surface area (Å²) < 4.78 is 1.40. The minimum absolute atomic E-state index is 0.106. The molecule has 0 aliphatic rings. The van der Waals surface area contributed by atoms with Gasteiger partial charge in [0.25, 0.3) is 5.56 Å². The van der Waals surface area contributed by atoms with Gasteiger partial charge in [-0.25, -0.2) is 4.68 Å². The Hall–Kier alpha value is -2.69. The van der Waals surface area contributed by atoms with Crippen molar-refractivity contribution in [1.29, 1.82) is 0 Å². The first kappa shape index (κ1) is 12.3. The van der Waals surface area contributed by atoms with Crippen molar-refractivity contribution < 1.29 is 0 Å². The molecule has 2 aromatic carbocycles. The van der Waals surface area contributed by atoms with Gasteiger partial charge in [0, 0.05) is 5.69 Å². The maximum absolute atomic E-state index is 12.2. The smallest absolute Gasteiger partial charge is 0.277 e. The van der Waals surface area contributed by atoms with E-state index in [4.69, 9.17) is 5.73 Å². The Kier molecular flexibility index (Phi) is 3.16. The summed E-state index contributed by atoms with van der Waals surface area (Å²) in [5.74, 6) is 0. The van der Waals surface area contributed by atoms with E-state index in [9.17, 15) is 4.79 Å². The number of hydrogen-bond acceptors (Lipinski definition) is 4. The molecule has 2 N–H and O–H groups in total. The van der Waals surface area contributed by atoms with Crippen LogP contribution in [0.15, 0.2) is 53.3 Å². The summed E-state index contributed by atoms with van der Waals surface area (Å²) in [6, 6.07) is 14.8. The Balaban J connectivity index is 1.86. The molecule has 0 spiro atoms. The summed E-state index contributed by atoms with van der Waals surface area (Å²) in [5.41, 5.74) is 8.01. The highest BCUT2D eigenvalue weighted by molar-refractivity contribution is 5.76. The fourth-order valence-electron chi connectivity index (χ4n) is 2.09. The molecule has 0 amide bonds. The molecule has 0 aliphatic heterocycles. The van der Waals surface area contributed by atoms with Crippen LogP contribution in [0.25, 0.3) is 10.9 Å². The zero-order valence-electron chi connectivity index (χ0n) is 10.9. The molecule has 5 nitrogen and oxygen atoms in total. The Bertz CT molecular complexity index is 793. The molecule has 0 unspecified atom stereocenters. The average molecular weight is 266 g/mol. The molecule has 0 bridgehead atoms. The summed E-state index contributed by atoms with van der Waals surface area (Å²) in [6.07, 6.45) is 0.715. The summed E-state index contributed by atoms with van der Waals surface area (Å²) in [4.78, 5) is 12.2. The first-order valence-electron chi connectivity index (χ1n) is 6.41. The molecule has 3 rings (SSSR count). The first-order chi connectivity index (χ1) is 9.74. The number of anilines is 1. The maximum atomic E-state index is 12.2. The van der Waals surface area contributed by atoms with Crippen molar-refractivity contribution in [1.82, 2.24) is 15.0 Å².